The maximum atomic E-state index is 3.49. The summed E-state index contributed by atoms with van der Waals surface area (Å²) in [5, 5.41) is 3.49. The SMILES string of the molecule is CC(C)CNCc1ccn(CCN2CCCC2)c1. The molecule has 0 saturated carbocycles. The number of rotatable bonds is 7. The highest BCUT2D eigenvalue weighted by Gasteiger charge is 2.10. The van der Waals surface area contributed by atoms with Gasteiger partial charge in [-0.3, -0.25) is 0 Å². The summed E-state index contributed by atoms with van der Waals surface area (Å²) in [6.07, 6.45) is 7.26. The molecule has 1 aromatic rings. The van der Waals surface area contributed by atoms with Crippen LogP contribution in [0.4, 0.5) is 0 Å². The first-order valence-electron chi connectivity index (χ1n) is 7.32. The van der Waals surface area contributed by atoms with Crippen molar-refractivity contribution in [2.24, 2.45) is 5.92 Å². The monoisotopic (exact) mass is 249 g/mol. The van der Waals surface area contributed by atoms with Crippen molar-refractivity contribution < 1.29 is 0 Å². The zero-order valence-corrected chi connectivity index (χ0v) is 11.9. The van der Waals surface area contributed by atoms with Crippen molar-refractivity contribution >= 4 is 0 Å². The van der Waals surface area contributed by atoms with Crippen LogP contribution in [0.5, 0.6) is 0 Å². The van der Waals surface area contributed by atoms with E-state index in [-0.39, 0.29) is 0 Å². The lowest BCUT2D eigenvalue weighted by Crippen LogP contribution is -2.23. The molecule has 0 unspecified atom stereocenters. The molecule has 0 atom stereocenters. The topological polar surface area (TPSA) is 20.2 Å². The van der Waals surface area contributed by atoms with E-state index < -0.39 is 0 Å². The molecule has 2 heterocycles. The van der Waals surface area contributed by atoms with Crippen molar-refractivity contribution in [1.82, 2.24) is 14.8 Å². The van der Waals surface area contributed by atoms with Gasteiger partial charge in [0, 0.05) is 32.0 Å². The van der Waals surface area contributed by atoms with Crippen molar-refractivity contribution in [3.8, 4) is 0 Å². The molecule has 3 heteroatoms. The number of hydrogen-bond donors (Lipinski definition) is 1. The summed E-state index contributed by atoms with van der Waals surface area (Å²) >= 11 is 0. The van der Waals surface area contributed by atoms with Gasteiger partial charge < -0.3 is 14.8 Å². The number of nitrogens with zero attached hydrogens (tertiary/aromatic N) is 2. The molecule has 1 aromatic heterocycles. The number of hydrogen-bond acceptors (Lipinski definition) is 2. The molecule has 102 valence electrons. The van der Waals surface area contributed by atoms with E-state index in [2.05, 4.69) is 47.1 Å². The van der Waals surface area contributed by atoms with Gasteiger partial charge in [0.1, 0.15) is 0 Å². The van der Waals surface area contributed by atoms with Crippen LogP contribution in [0, 0.1) is 5.92 Å². The van der Waals surface area contributed by atoms with Gasteiger partial charge in [0.25, 0.3) is 0 Å². The number of nitrogens with one attached hydrogen (secondary N) is 1. The minimum absolute atomic E-state index is 0.724. The summed E-state index contributed by atoms with van der Waals surface area (Å²) in [7, 11) is 0. The molecule has 3 nitrogen and oxygen atoms in total. The Morgan fingerprint density at radius 2 is 2.00 bits per heavy atom. The van der Waals surface area contributed by atoms with Crippen LogP contribution in [0.15, 0.2) is 18.5 Å². The Morgan fingerprint density at radius 3 is 2.72 bits per heavy atom. The standard InChI is InChI=1S/C15H27N3/c1-14(2)11-16-12-15-5-8-18(13-15)10-9-17-6-3-4-7-17/h5,8,13-14,16H,3-4,6-7,9-12H2,1-2H3. The van der Waals surface area contributed by atoms with E-state index in [0.29, 0.717) is 0 Å². The van der Waals surface area contributed by atoms with E-state index in [1.165, 1.54) is 38.0 Å². The molecular weight excluding hydrogens is 222 g/mol. The normalized spacial score (nSPS) is 16.8. The van der Waals surface area contributed by atoms with Crippen molar-refractivity contribution in [2.45, 2.75) is 39.8 Å². The summed E-state index contributed by atoms with van der Waals surface area (Å²) < 4.78 is 2.32. The highest BCUT2D eigenvalue weighted by atomic mass is 15.2. The minimum Gasteiger partial charge on any atom is -0.353 e. The van der Waals surface area contributed by atoms with E-state index >= 15 is 0 Å². The first kappa shape index (κ1) is 13.6. The van der Waals surface area contributed by atoms with E-state index in [9.17, 15) is 0 Å². The first-order chi connectivity index (χ1) is 8.74. The molecule has 1 fully saturated rings. The van der Waals surface area contributed by atoms with Crippen molar-refractivity contribution in [3.05, 3.63) is 24.0 Å². The predicted octanol–water partition coefficient (Wildman–Crippen LogP) is 2.33. The smallest absolute Gasteiger partial charge is 0.0347 e. The molecule has 1 aliphatic rings. The first-order valence-corrected chi connectivity index (χ1v) is 7.32. The second-order valence-corrected chi connectivity index (χ2v) is 5.83. The maximum Gasteiger partial charge on any atom is 0.0347 e. The summed E-state index contributed by atoms with van der Waals surface area (Å²) in [5.74, 6) is 0.724. The van der Waals surface area contributed by atoms with E-state index in [4.69, 9.17) is 0 Å². The van der Waals surface area contributed by atoms with Crippen LogP contribution >= 0.6 is 0 Å². The zero-order chi connectivity index (χ0) is 12.8. The minimum atomic E-state index is 0.724. The molecule has 0 amide bonds. The number of likely N-dealkylation sites (tertiary alicyclic amines) is 1. The average Bonchev–Trinajstić information content (AvgIpc) is 2.96. The molecule has 18 heavy (non-hydrogen) atoms. The highest BCUT2D eigenvalue weighted by molar-refractivity contribution is 5.09. The molecule has 0 spiro atoms. The van der Waals surface area contributed by atoms with Crippen LogP contribution in [0.3, 0.4) is 0 Å². The zero-order valence-electron chi connectivity index (χ0n) is 11.9. The Bertz CT molecular complexity index is 337. The van der Waals surface area contributed by atoms with E-state index in [1.54, 1.807) is 0 Å². The fourth-order valence-electron chi connectivity index (χ4n) is 2.50. The predicted molar refractivity (Wildman–Crippen MR) is 76.7 cm³/mol. The fourth-order valence-corrected chi connectivity index (χ4v) is 2.50. The van der Waals surface area contributed by atoms with Crippen LogP contribution in [-0.2, 0) is 13.1 Å². The van der Waals surface area contributed by atoms with Gasteiger partial charge in [0.2, 0.25) is 0 Å². The van der Waals surface area contributed by atoms with Gasteiger partial charge in [-0.1, -0.05) is 13.8 Å². The van der Waals surface area contributed by atoms with Crippen molar-refractivity contribution in [1.29, 1.82) is 0 Å². The van der Waals surface area contributed by atoms with Crippen molar-refractivity contribution in [2.75, 3.05) is 26.2 Å². The Morgan fingerprint density at radius 1 is 1.22 bits per heavy atom. The lowest BCUT2D eigenvalue weighted by Gasteiger charge is -2.14. The average molecular weight is 249 g/mol. The van der Waals surface area contributed by atoms with Gasteiger partial charge in [-0.15, -0.1) is 0 Å². The van der Waals surface area contributed by atoms with Gasteiger partial charge in [0.15, 0.2) is 0 Å². The van der Waals surface area contributed by atoms with Gasteiger partial charge in [-0.25, -0.2) is 0 Å². The molecule has 0 aliphatic carbocycles. The Balaban J connectivity index is 1.68. The van der Waals surface area contributed by atoms with E-state index in [1.807, 2.05) is 0 Å². The molecule has 0 radical (unpaired) electrons. The fraction of sp³-hybridized carbons (Fsp3) is 0.733. The molecule has 1 N–H and O–H groups in total. The van der Waals surface area contributed by atoms with Gasteiger partial charge >= 0.3 is 0 Å². The lowest BCUT2D eigenvalue weighted by molar-refractivity contribution is 0.322. The summed E-state index contributed by atoms with van der Waals surface area (Å²) in [6.45, 7) is 11.5. The van der Waals surface area contributed by atoms with Crippen LogP contribution in [0.2, 0.25) is 0 Å². The second kappa shape index (κ2) is 6.95. The highest BCUT2D eigenvalue weighted by Crippen LogP contribution is 2.08. The molecule has 1 aliphatic heterocycles. The van der Waals surface area contributed by atoms with Crippen LogP contribution in [-0.4, -0.2) is 35.6 Å². The third kappa shape index (κ3) is 4.46. The number of aromatic nitrogens is 1. The van der Waals surface area contributed by atoms with Gasteiger partial charge in [-0.05, 0) is 50.0 Å². The maximum absolute atomic E-state index is 3.49. The molecule has 2 rings (SSSR count). The van der Waals surface area contributed by atoms with Gasteiger partial charge in [0.05, 0.1) is 0 Å². The third-order valence-electron chi connectivity index (χ3n) is 3.57. The van der Waals surface area contributed by atoms with E-state index in [0.717, 1.165) is 25.6 Å². The van der Waals surface area contributed by atoms with Crippen LogP contribution in [0.1, 0.15) is 32.3 Å². The Hall–Kier alpha value is -0.800. The lowest BCUT2D eigenvalue weighted by atomic mass is 10.2. The quantitative estimate of drug-likeness (QED) is 0.800. The third-order valence-corrected chi connectivity index (χ3v) is 3.57. The van der Waals surface area contributed by atoms with Crippen LogP contribution < -0.4 is 5.32 Å². The second-order valence-electron chi connectivity index (χ2n) is 5.83. The summed E-state index contributed by atoms with van der Waals surface area (Å²) in [6, 6.07) is 2.23. The molecule has 0 aromatic carbocycles. The molecule has 1 saturated heterocycles. The molecular formula is C15H27N3. The Labute approximate surface area is 111 Å². The largest absolute Gasteiger partial charge is 0.353 e. The van der Waals surface area contributed by atoms with Gasteiger partial charge in [-0.2, -0.15) is 0 Å². The molecule has 0 bridgehead atoms. The summed E-state index contributed by atoms with van der Waals surface area (Å²) in [4.78, 5) is 2.57. The Kier molecular flexibility index (Phi) is 5.26. The summed E-state index contributed by atoms with van der Waals surface area (Å²) in [5.41, 5.74) is 1.40. The van der Waals surface area contributed by atoms with Crippen LogP contribution in [0.25, 0.3) is 0 Å². The van der Waals surface area contributed by atoms with Crippen molar-refractivity contribution in [3.63, 3.8) is 0 Å².